The molecule has 35 heavy (non-hydrogen) atoms. The second-order valence-corrected chi connectivity index (χ2v) is 15.4. The molecule has 3 rings (SSSR count). The molecule has 0 radical (unpaired) electrons. The maximum Gasteiger partial charge on any atom is 0.336 e. The van der Waals surface area contributed by atoms with Gasteiger partial charge in [-0.15, -0.1) is 0 Å². The van der Waals surface area contributed by atoms with Gasteiger partial charge >= 0.3 is 15.9 Å². The van der Waals surface area contributed by atoms with Crippen LogP contribution in [0.25, 0.3) is 0 Å². The van der Waals surface area contributed by atoms with E-state index < -0.39 is 15.9 Å². The number of nitrogens with zero attached hydrogens (tertiary/aromatic N) is 1. The first-order valence-corrected chi connectivity index (χ1v) is 15.5. The first-order valence-electron chi connectivity index (χ1n) is 11.9. The fourth-order valence-corrected chi connectivity index (χ4v) is 10.4. The lowest BCUT2D eigenvalue weighted by molar-refractivity contribution is 0.218. The molecule has 0 aliphatic rings. The van der Waals surface area contributed by atoms with Crippen LogP contribution in [0, 0.1) is 0 Å². The van der Waals surface area contributed by atoms with Crippen molar-refractivity contribution >= 4 is 26.3 Å². The summed E-state index contributed by atoms with van der Waals surface area (Å²) >= 11 is 0. The molecule has 0 fully saturated rings. The van der Waals surface area contributed by atoms with Crippen LogP contribution in [0.15, 0.2) is 72.8 Å². The third-order valence-corrected chi connectivity index (χ3v) is 12.7. The van der Waals surface area contributed by atoms with Crippen LogP contribution in [0.5, 0.6) is 11.6 Å². The lowest BCUT2D eigenvalue weighted by Gasteiger charge is -2.43. The van der Waals surface area contributed by atoms with E-state index in [1.807, 2.05) is 42.5 Å². The molecule has 2 aromatic carbocycles. The number of hydrogen-bond donors (Lipinski definition) is 0. The van der Waals surface area contributed by atoms with Crippen molar-refractivity contribution in [3.05, 3.63) is 78.5 Å². The molecule has 0 aliphatic heterocycles. The molecule has 1 aromatic heterocycles. The van der Waals surface area contributed by atoms with Crippen molar-refractivity contribution in [2.45, 2.75) is 45.8 Å². The number of benzene rings is 2. The average molecular weight is 514 g/mol. The van der Waals surface area contributed by atoms with Gasteiger partial charge in [-0.25, -0.2) is 4.98 Å². The van der Waals surface area contributed by atoms with Gasteiger partial charge in [-0.2, -0.15) is 0 Å². The van der Waals surface area contributed by atoms with Gasteiger partial charge in [0.25, 0.3) is 0 Å². The minimum Gasteiger partial charge on any atom is -0.533 e. The summed E-state index contributed by atoms with van der Waals surface area (Å²) in [4.78, 5) is 4.64. The number of hydrogen-bond acceptors (Lipinski definition) is 6. The third-order valence-electron chi connectivity index (χ3n) is 5.79. The highest BCUT2D eigenvalue weighted by molar-refractivity contribution is 7.53. The van der Waals surface area contributed by atoms with Gasteiger partial charge in [-0.3, -0.25) is 4.57 Å². The van der Waals surface area contributed by atoms with E-state index in [1.54, 1.807) is 27.0 Å². The molecule has 0 saturated carbocycles. The third kappa shape index (κ3) is 6.04. The summed E-state index contributed by atoms with van der Waals surface area (Å²) in [6.07, 6.45) is -0.0145. The summed E-state index contributed by atoms with van der Waals surface area (Å²) in [6.45, 7) is 10.8. The van der Waals surface area contributed by atoms with E-state index in [2.05, 4.69) is 50.0 Å². The normalized spacial score (nSPS) is 12.4. The Kier molecular flexibility index (Phi) is 8.94. The Hall–Kier alpha value is -2.44. The summed E-state index contributed by atoms with van der Waals surface area (Å²) in [7, 11) is -4.79. The van der Waals surface area contributed by atoms with Crippen LogP contribution >= 0.6 is 7.60 Å². The second-order valence-electron chi connectivity index (χ2n) is 9.17. The largest absolute Gasteiger partial charge is 0.533 e. The number of aromatic nitrogens is 1. The Morgan fingerprint density at radius 3 is 1.77 bits per heavy atom. The SMILES string of the molecule is CCOP(=O)(Cc1nc(OC)ccc1O[Si](c1ccccc1)(c1ccccc1)C(C)(C)C)OCC. The van der Waals surface area contributed by atoms with Crippen LogP contribution in [0.4, 0.5) is 0 Å². The molecule has 0 saturated heterocycles. The fraction of sp³-hybridized carbons (Fsp3) is 0.370. The van der Waals surface area contributed by atoms with Crippen molar-refractivity contribution < 1.29 is 22.8 Å². The first-order chi connectivity index (χ1) is 16.7. The van der Waals surface area contributed by atoms with E-state index in [0.717, 1.165) is 10.4 Å². The quantitative estimate of drug-likeness (QED) is 0.239. The molecule has 3 aromatic rings. The fourth-order valence-electron chi connectivity index (χ4n) is 4.31. The highest BCUT2D eigenvalue weighted by Crippen LogP contribution is 2.52. The topological polar surface area (TPSA) is 66.9 Å². The molecule has 0 aliphatic carbocycles. The van der Waals surface area contributed by atoms with E-state index in [1.165, 1.54) is 0 Å². The summed E-state index contributed by atoms with van der Waals surface area (Å²) in [5, 5.41) is 2.03. The van der Waals surface area contributed by atoms with Gasteiger partial charge < -0.3 is 18.2 Å². The Morgan fingerprint density at radius 2 is 1.34 bits per heavy atom. The van der Waals surface area contributed by atoms with E-state index in [0.29, 0.717) is 17.3 Å². The maximum absolute atomic E-state index is 13.5. The second kappa shape index (κ2) is 11.5. The number of ether oxygens (including phenoxy) is 1. The van der Waals surface area contributed by atoms with Crippen LogP contribution in [0.2, 0.25) is 5.04 Å². The van der Waals surface area contributed by atoms with Gasteiger partial charge in [0.2, 0.25) is 5.88 Å². The summed E-state index contributed by atoms with van der Waals surface area (Å²) < 4.78 is 37.2. The van der Waals surface area contributed by atoms with Crippen molar-refractivity contribution in [3.8, 4) is 11.6 Å². The minimum atomic E-state index is -3.43. The average Bonchev–Trinajstić information content (AvgIpc) is 2.83. The van der Waals surface area contributed by atoms with Gasteiger partial charge in [0.05, 0.1) is 32.2 Å². The Morgan fingerprint density at radius 1 is 0.829 bits per heavy atom. The monoisotopic (exact) mass is 513 g/mol. The molecule has 0 N–H and O–H groups in total. The van der Waals surface area contributed by atoms with Crippen molar-refractivity contribution in [3.63, 3.8) is 0 Å². The highest BCUT2D eigenvalue weighted by atomic mass is 31.2. The van der Waals surface area contributed by atoms with Crippen LogP contribution in [-0.2, 0) is 19.8 Å². The van der Waals surface area contributed by atoms with Gasteiger partial charge in [0, 0.05) is 6.07 Å². The van der Waals surface area contributed by atoms with Gasteiger partial charge in [-0.1, -0.05) is 81.4 Å². The number of rotatable bonds is 11. The number of pyridine rings is 1. The zero-order valence-electron chi connectivity index (χ0n) is 21.5. The standard InChI is InChI=1S/C27H36NO5PSi/c1-7-31-34(29,32-8-2)21-24-25(19-20-26(28-24)30-6)33-35(27(3,4)5,22-15-11-9-12-16-22)23-17-13-10-14-18-23/h9-20H,7-8,21H2,1-6H3. The molecule has 8 heteroatoms. The molecule has 6 nitrogen and oxygen atoms in total. The van der Waals surface area contributed by atoms with E-state index >= 15 is 0 Å². The zero-order valence-corrected chi connectivity index (χ0v) is 23.4. The van der Waals surface area contributed by atoms with Crippen LogP contribution in [-0.4, -0.2) is 33.6 Å². The smallest absolute Gasteiger partial charge is 0.336 e. The minimum absolute atomic E-state index is 0.0145. The first kappa shape index (κ1) is 27.1. The van der Waals surface area contributed by atoms with Crippen molar-refractivity contribution in [2.24, 2.45) is 0 Å². The molecule has 0 spiro atoms. The summed E-state index contributed by atoms with van der Waals surface area (Å²) in [6, 6.07) is 24.3. The lowest BCUT2D eigenvalue weighted by Crippen LogP contribution is -2.68. The van der Waals surface area contributed by atoms with Gasteiger partial charge in [0.15, 0.2) is 0 Å². The molecule has 0 atom stereocenters. The highest BCUT2D eigenvalue weighted by Gasteiger charge is 2.52. The zero-order chi connectivity index (χ0) is 25.5. The van der Waals surface area contributed by atoms with E-state index in [4.69, 9.17) is 18.2 Å². The van der Waals surface area contributed by atoms with Crippen LogP contribution in [0.3, 0.4) is 0 Å². The molecule has 1 heterocycles. The summed E-state index contributed by atoms with van der Waals surface area (Å²) in [5.74, 6) is 0.967. The molecule has 0 unspecified atom stereocenters. The molecule has 0 amide bonds. The van der Waals surface area contributed by atoms with E-state index in [9.17, 15) is 4.57 Å². The predicted molar refractivity (Wildman–Crippen MR) is 144 cm³/mol. The Bertz CT molecular complexity index is 1090. The predicted octanol–water partition coefficient (Wildman–Crippen LogP) is 5.80. The van der Waals surface area contributed by atoms with Crippen LogP contribution in [0.1, 0.15) is 40.3 Å². The van der Waals surface area contributed by atoms with Crippen molar-refractivity contribution in [2.75, 3.05) is 20.3 Å². The molecule has 0 bridgehead atoms. The summed E-state index contributed by atoms with van der Waals surface area (Å²) in [5.41, 5.74) is 0.488. The Balaban J connectivity index is 2.23. The molecular formula is C27H36NO5PSi. The Labute approximate surface area is 210 Å². The van der Waals surface area contributed by atoms with Crippen molar-refractivity contribution in [1.29, 1.82) is 0 Å². The van der Waals surface area contributed by atoms with Crippen LogP contribution < -0.4 is 19.5 Å². The molecular weight excluding hydrogens is 477 g/mol. The lowest BCUT2D eigenvalue weighted by atomic mass is 10.2. The number of methoxy groups -OCH3 is 1. The van der Waals surface area contributed by atoms with Gasteiger partial charge in [-0.05, 0) is 35.3 Å². The molecule has 188 valence electrons. The van der Waals surface area contributed by atoms with Crippen molar-refractivity contribution in [1.82, 2.24) is 4.98 Å². The maximum atomic E-state index is 13.5. The van der Waals surface area contributed by atoms with E-state index in [-0.39, 0.29) is 24.4 Å². The van der Waals surface area contributed by atoms with Gasteiger partial charge in [0.1, 0.15) is 5.75 Å².